The molecule has 0 bridgehead atoms. The fourth-order valence-electron chi connectivity index (χ4n) is 1.75. The molecule has 0 aliphatic heterocycles. The maximum absolute atomic E-state index is 13.1. The minimum Gasteiger partial charge on any atom is -0.386 e. The second-order valence-corrected chi connectivity index (χ2v) is 5.98. The zero-order chi connectivity index (χ0) is 16.5. The third-order valence-corrected chi connectivity index (χ3v) is 4.06. The molecule has 0 aliphatic rings. The Morgan fingerprint density at radius 2 is 1.35 bits per heavy atom. The standard InChI is InChI=1S/C18H19O4P/c1-3-11-16(4-2)20-23(19,21-17-12-7-5-8-13-17)22-18-14-9-6-10-15-18/h3-15H,1-2H3/b11-3-,16-4+. The van der Waals surface area contributed by atoms with Gasteiger partial charge in [-0.1, -0.05) is 42.5 Å². The van der Waals surface area contributed by atoms with Gasteiger partial charge < -0.3 is 13.6 Å². The summed E-state index contributed by atoms with van der Waals surface area (Å²) in [4.78, 5) is 0. The highest BCUT2D eigenvalue weighted by Gasteiger charge is 2.33. The van der Waals surface area contributed by atoms with Gasteiger partial charge in [0, 0.05) is 0 Å². The summed E-state index contributed by atoms with van der Waals surface area (Å²) in [5, 5.41) is 0. The van der Waals surface area contributed by atoms with Crippen LogP contribution in [-0.2, 0) is 9.09 Å². The Balaban J connectivity index is 2.27. The van der Waals surface area contributed by atoms with Gasteiger partial charge in [0.25, 0.3) is 0 Å². The largest absolute Gasteiger partial charge is 0.647 e. The summed E-state index contributed by atoms with van der Waals surface area (Å²) in [5.41, 5.74) is 0. The molecule has 5 heteroatoms. The van der Waals surface area contributed by atoms with E-state index in [0.29, 0.717) is 17.3 Å². The maximum Gasteiger partial charge on any atom is 0.647 e. The highest BCUT2D eigenvalue weighted by Crippen LogP contribution is 2.51. The monoisotopic (exact) mass is 330 g/mol. The van der Waals surface area contributed by atoms with Crippen LogP contribution in [0.25, 0.3) is 0 Å². The van der Waals surface area contributed by atoms with Crippen LogP contribution in [0.2, 0.25) is 0 Å². The molecule has 0 atom stereocenters. The molecule has 0 aromatic heterocycles. The van der Waals surface area contributed by atoms with Crippen molar-refractivity contribution in [3.05, 3.63) is 84.7 Å². The first-order chi connectivity index (χ1) is 11.1. The van der Waals surface area contributed by atoms with Crippen LogP contribution in [0.4, 0.5) is 0 Å². The first kappa shape index (κ1) is 16.9. The van der Waals surface area contributed by atoms with Crippen LogP contribution in [0.1, 0.15) is 13.8 Å². The van der Waals surface area contributed by atoms with Gasteiger partial charge in [0.2, 0.25) is 0 Å². The SMILES string of the molecule is C/C=C\C(=C/C)OP(=O)(Oc1ccccc1)Oc1ccccc1. The molecule has 4 nitrogen and oxygen atoms in total. The van der Waals surface area contributed by atoms with E-state index in [1.807, 2.05) is 19.1 Å². The van der Waals surface area contributed by atoms with Crippen molar-refractivity contribution in [1.29, 1.82) is 0 Å². The number of hydrogen-bond acceptors (Lipinski definition) is 4. The molecule has 2 aromatic carbocycles. The van der Waals surface area contributed by atoms with Crippen LogP contribution in [0.3, 0.4) is 0 Å². The van der Waals surface area contributed by atoms with E-state index in [1.165, 1.54) is 0 Å². The fourth-order valence-corrected chi connectivity index (χ4v) is 3.05. The van der Waals surface area contributed by atoms with E-state index < -0.39 is 7.82 Å². The molecule has 0 heterocycles. The molecule has 0 unspecified atom stereocenters. The van der Waals surface area contributed by atoms with Crippen LogP contribution in [-0.4, -0.2) is 0 Å². The molecular weight excluding hydrogens is 311 g/mol. The number of hydrogen-bond donors (Lipinski definition) is 0. The first-order valence-electron chi connectivity index (χ1n) is 7.23. The molecule has 0 saturated heterocycles. The molecule has 23 heavy (non-hydrogen) atoms. The minimum absolute atomic E-state index is 0.405. The molecule has 0 amide bonds. The van der Waals surface area contributed by atoms with Gasteiger partial charge in [-0.25, -0.2) is 0 Å². The Labute approximate surface area is 136 Å². The predicted molar refractivity (Wildman–Crippen MR) is 91.4 cm³/mol. The summed E-state index contributed by atoms with van der Waals surface area (Å²) >= 11 is 0. The van der Waals surface area contributed by atoms with E-state index in [-0.39, 0.29) is 0 Å². The van der Waals surface area contributed by atoms with Gasteiger partial charge in [0.05, 0.1) is 0 Å². The van der Waals surface area contributed by atoms with Crippen molar-refractivity contribution >= 4 is 7.82 Å². The van der Waals surface area contributed by atoms with E-state index in [2.05, 4.69) is 0 Å². The van der Waals surface area contributed by atoms with Crippen LogP contribution >= 0.6 is 7.82 Å². The zero-order valence-corrected chi connectivity index (χ0v) is 14.0. The first-order valence-corrected chi connectivity index (χ1v) is 8.69. The number of phosphoric ester groups is 1. The Bertz CT molecular complexity index is 663. The van der Waals surface area contributed by atoms with Crippen molar-refractivity contribution in [3.63, 3.8) is 0 Å². The Morgan fingerprint density at radius 1 is 0.870 bits per heavy atom. The van der Waals surface area contributed by atoms with Crippen molar-refractivity contribution in [3.8, 4) is 11.5 Å². The summed E-state index contributed by atoms with van der Waals surface area (Å²) in [6.07, 6.45) is 5.16. The molecule has 0 fully saturated rings. The lowest BCUT2D eigenvalue weighted by Crippen LogP contribution is -2.04. The second kappa shape index (κ2) is 8.25. The summed E-state index contributed by atoms with van der Waals surface area (Å²) < 4.78 is 29.6. The van der Waals surface area contributed by atoms with Crippen molar-refractivity contribution in [2.75, 3.05) is 0 Å². The van der Waals surface area contributed by atoms with E-state index in [4.69, 9.17) is 13.6 Å². The lowest BCUT2D eigenvalue weighted by molar-refractivity contribution is 0.262. The number of rotatable bonds is 7. The van der Waals surface area contributed by atoms with Crippen molar-refractivity contribution in [2.24, 2.45) is 0 Å². The van der Waals surface area contributed by atoms with E-state index >= 15 is 0 Å². The molecule has 0 aliphatic carbocycles. The second-order valence-electron chi connectivity index (χ2n) is 4.54. The minimum atomic E-state index is -3.89. The molecule has 0 saturated carbocycles. The molecule has 2 rings (SSSR count). The van der Waals surface area contributed by atoms with Crippen LogP contribution < -0.4 is 9.05 Å². The molecule has 2 aromatic rings. The highest BCUT2D eigenvalue weighted by molar-refractivity contribution is 7.49. The maximum atomic E-state index is 13.1. The average molecular weight is 330 g/mol. The van der Waals surface area contributed by atoms with Crippen LogP contribution in [0, 0.1) is 0 Å². The number of benzene rings is 2. The number of para-hydroxylation sites is 2. The molecule has 0 radical (unpaired) electrons. The van der Waals surface area contributed by atoms with Crippen LogP contribution in [0.5, 0.6) is 11.5 Å². The Hall–Kier alpha value is -2.45. The predicted octanol–water partition coefficient (Wildman–Crippen LogP) is 5.75. The summed E-state index contributed by atoms with van der Waals surface area (Å²) in [7, 11) is -3.89. The van der Waals surface area contributed by atoms with E-state index in [9.17, 15) is 4.57 Å². The van der Waals surface area contributed by atoms with Crippen molar-refractivity contribution < 1.29 is 18.1 Å². The van der Waals surface area contributed by atoms with Gasteiger partial charge in [-0.15, -0.1) is 0 Å². The van der Waals surface area contributed by atoms with Gasteiger partial charge in [0.15, 0.2) is 0 Å². The van der Waals surface area contributed by atoms with Crippen molar-refractivity contribution in [1.82, 2.24) is 0 Å². The van der Waals surface area contributed by atoms with Crippen molar-refractivity contribution in [2.45, 2.75) is 13.8 Å². The van der Waals surface area contributed by atoms with Gasteiger partial charge >= 0.3 is 7.82 Å². The molecule has 120 valence electrons. The number of phosphoric acid groups is 1. The molecule has 0 spiro atoms. The smallest absolute Gasteiger partial charge is 0.386 e. The Morgan fingerprint density at radius 3 is 1.74 bits per heavy atom. The van der Waals surface area contributed by atoms with E-state index in [1.54, 1.807) is 73.7 Å². The lowest BCUT2D eigenvalue weighted by Gasteiger charge is -2.19. The molecular formula is C18H19O4P. The summed E-state index contributed by atoms with van der Waals surface area (Å²) in [5.74, 6) is 1.22. The van der Waals surface area contributed by atoms with Gasteiger partial charge in [-0.05, 0) is 50.3 Å². The molecule has 0 N–H and O–H groups in total. The average Bonchev–Trinajstić information content (AvgIpc) is 2.56. The zero-order valence-electron chi connectivity index (χ0n) is 13.1. The van der Waals surface area contributed by atoms with Gasteiger partial charge in [0.1, 0.15) is 17.3 Å². The van der Waals surface area contributed by atoms with Gasteiger partial charge in [-0.3, -0.25) is 0 Å². The van der Waals surface area contributed by atoms with Gasteiger partial charge in [-0.2, -0.15) is 4.57 Å². The normalized spacial score (nSPS) is 12.2. The number of allylic oxidation sites excluding steroid dienone is 3. The van der Waals surface area contributed by atoms with Crippen LogP contribution in [0.15, 0.2) is 84.7 Å². The topological polar surface area (TPSA) is 44.8 Å². The van der Waals surface area contributed by atoms with E-state index in [0.717, 1.165) is 0 Å². The quantitative estimate of drug-likeness (QED) is 0.368. The Kier molecular flexibility index (Phi) is 6.07. The summed E-state index contributed by atoms with van der Waals surface area (Å²) in [6, 6.07) is 17.6. The summed E-state index contributed by atoms with van der Waals surface area (Å²) in [6.45, 7) is 3.62. The highest BCUT2D eigenvalue weighted by atomic mass is 31.2. The third-order valence-electron chi connectivity index (χ3n) is 2.75. The third kappa shape index (κ3) is 5.35. The fraction of sp³-hybridized carbons (Fsp3) is 0.111. The lowest BCUT2D eigenvalue weighted by atomic mass is 10.3.